The first-order valence-corrected chi connectivity index (χ1v) is 10.1. The summed E-state index contributed by atoms with van der Waals surface area (Å²) in [6.07, 6.45) is 1.73. The van der Waals surface area contributed by atoms with Crippen molar-refractivity contribution >= 4 is 57.4 Å². The van der Waals surface area contributed by atoms with Crippen molar-refractivity contribution in [2.45, 2.75) is 19.8 Å². The second-order valence-corrected chi connectivity index (χ2v) is 7.90. The molecule has 4 rings (SSSR count). The summed E-state index contributed by atoms with van der Waals surface area (Å²) in [5, 5.41) is 15.0. The fourth-order valence-corrected chi connectivity index (χ4v) is 2.97. The molecule has 0 saturated heterocycles. The Morgan fingerprint density at radius 3 is 2.24 bits per heavy atom. The van der Waals surface area contributed by atoms with E-state index in [9.17, 15) is 0 Å². The average Bonchev–Trinajstić information content (AvgIpc) is 3.17. The molecule has 0 radical (unpaired) electrons. The van der Waals surface area contributed by atoms with Crippen LogP contribution < -0.4 is 10.7 Å². The van der Waals surface area contributed by atoms with E-state index in [0.717, 1.165) is 14.8 Å². The van der Waals surface area contributed by atoms with Gasteiger partial charge < -0.3 is 5.32 Å². The number of anilines is 3. The molecule has 4 aromatic rings. The summed E-state index contributed by atoms with van der Waals surface area (Å²) >= 11 is 2.26. The van der Waals surface area contributed by atoms with E-state index in [2.05, 4.69) is 84.7 Å². The van der Waals surface area contributed by atoms with E-state index in [1.807, 2.05) is 36.4 Å². The van der Waals surface area contributed by atoms with Gasteiger partial charge in [-0.05, 0) is 74.2 Å². The van der Waals surface area contributed by atoms with Gasteiger partial charge in [-0.3, -0.25) is 5.43 Å². The van der Waals surface area contributed by atoms with Gasteiger partial charge in [0.1, 0.15) is 0 Å². The van der Waals surface area contributed by atoms with Crippen LogP contribution in [0.25, 0.3) is 11.3 Å². The van der Waals surface area contributed by atoms with Crippen LogP contribution in [0.2, 0.25) is 0 Å². The first-order valence-electron chi connectivity index (χ1n) is 9.00. The first-order chi connectivity index (χ1) is 14.1. The third-order valence-corrected chi connectivity index (χ3v) is 4.93. The Balaban J connectivity index is 1.57. The quantitative estimate of drug-likeness (QED) is 0.220. The molecule has 0 bridgehead atoms. The number of nitrogens with zero attached hydrogens (tertiary/aromatic N) is 5. The van der Waals surface area contributed by atoms with Crippen molar-refractivity contribution in [3.05, 3.63) is 63.2 Å². The zero-order valence-electron chi connectivity index (χ0n) is 15.8. The Morgan fingerprint density at radius 1 is 0.931 bits per heavy atom. The molecule has 0 unspecified atom stereocenters. The fourth-order valence-electron chi connectivity index (χ4n) is 2.61. The van der Waals surface area contributed by atoms with Crippen LogP contribution in [0.4, 0.5) is 17.3 Å². The lowest BCUT2D eigenvalue weighted by Gasteiger charge is -2.09. The maximum absolute atomic E-state index is 4.73. The van der Waals surface area contributed by atoms with Gasteiger partial charge in [-0.15, -0.1) is 0 Å². The van der Waals surface area contributed by atoms with Crippen molar-refractivity contribution in [2.24, 2.45) is 5.10 Å². The number of nitrogens with one attached hydrogen (secondary N) is 2. The van der Waals surface area contributed by atoms with E-state index in [-0.39, 0.29) is 0 Å². The summed E-state index contributed by atoms with van der Waals surface area (Å²) in [5.41, 5.74) is 6.69. The highest BCUT2D eigenvalue weighted by Gasteiger charge is 2.12. The third kappa shape index (κ3) is 4.67. The predicted octanol–water partition coefficient (Wildman–Crippen LogP) is 4.93. The van der Waals surface area contributed by atoms with E-state index in [1.165, 1.54) is 5.56 Å². The van der Waals surface area contributed by atoms with Gasteiger partial charge in [0.2, 0.25) is 11.3 Å². The lowest BCUT2D eigenvalue weighted by Crippen LogP contribution is -2.03. The molecule has 0 saturated carbocycles. The molecular formula is C20H18IN7O. The maximum atomic E-state index is 4.73. The Labute approximate surface area is 180 Å². The van der Waals surface area contributed by atoms with Crippen LogP contribution in [-0.2, 0) is 0 Å². The van der Waals surface area contributed by atoms with E-state index in [1.54, 1.807) is 6.21 Å². The molecule has 8 nitrogen and oxygen atoms in total. The second-order valence-electron chi connectivity index (χ2n) is 6.66. The molecule has 2 heterocycles. The van der Waals surface area contributed by atoms with Crippen molar-refractivity contribution in [2.75, 3.05) is 10.7 Å². The van der Waals surface area contributed by atoms with Crippen LogP contribution in [0.15, 0.2) is 58.3 Å². The van der Waals surface area contributed by atoms with Gasteiger partial charge in [0.05, 0.1) is 6.21 Å². The summed E-state index contributed by atoms with van der Waals surface area (Å²) in [7, 11) is 0. The second kappa shape index (κ2) is 8.52. The van der Waals surface area contributed by atoms with Gasteiger partial charge >= 0.3 is 0 Å². The van der Waals surface area contributed by atoms with Crippen LogP contribution in [-0.4, -0.2) is 26.5 Å². The van der Waals surface area contributed by atoms with E-state index >= 15 is 0 Å². The number of aromatic nitrogens is 4. The molecule has 2 aromatic heterocycles. The highest BCUT2D eigenvalue weighted by molar-refractivity contribution is 14.1. The smallest absolute Gasteiger partial charge is 0.245 e. The topological polar surface area (TPSA) is 101 Å². The zero-order valence-corrected chi connectivity index (χ0v) is 18.0. The third-order valence-electron chi connectivity index (χ3n) is 4.21. The van der Waals surface area contributed by atoms with Gasteiger partial charge in [-0.25, -0.2) is 9.61 Å². The molecule has 146 valence electrons. The average molecular weight is 499 g/mol. The largest absolute Gasteiger partial charge is 0.337 e. The number of hydrazone groups is 1. The van der Waals surface area contributed by atoms with Gasteiger partial charge in [-0.2, -0.15) is 10.1 Å². The van der Waals surface area contributed by atoms with E-state index < -0.39 is 0 Å². The molecular weight excluding hydrogens is 481 g/mol. The molecule has 29 heavy (non-hydrogen) atoms. The van der Waals surface area contributed by atoms with Crippen LogP contribution in [0.3, 0.4) is 0 Å². The number of hydrogen-bond donors (Lipinski definition) is 2. The normalized spacial score (nSPS) is 11.4. The van der Waals surface area contributed by atoms with E-state index in [0.29, 0.717) is 28.8 Å². The maximum Gasteiger partial charge on any atom is 0.245 e. The highest BCUT2D eigenvalue weighted by Crippen LogP contribution is 2.24. The zero-order chi connectivity index (χ0) is 20.2. The minimum absolute atomic E-state index is 0.303. The SMILES string of the molecule is CC(C)c1ccc(/C=N/Nc2nc3nonc3nc2Nc2ccc(I)cc2)cc1. The molecule has 0 atom stereocenters. The Kier molecular flexibility index (Phi) is 5.65. The Hall–Kier alpha value is -3.08. The summed E-state index contributed by atoms with van der Waals surface area (Å²) in [6.45, 7) is 4.33. The Bertz CT molecular complexity index is 1140. The molecule has 2 aromatic carbocycles. The van der Waals surface area contributed by atoms with Crippen LogP contribution in [0.5, 0.6) is 0 Å². The minimum Gasteiger partial charge on any atom is -0.337 e. The number of fused-ring (bicyclic) bond motifs is 1. The molecule has 0 fully saturated rings. The molecule has 0 aliphatic rings. The molecule has 9 heteroatoms. The summed E-state index contributed by atoms with van der Waals surface area (Å²) in [6, 6.07) is 16.2. The highest BCUT2D eigenvalue weighted by atomic mass is 127. The summed E-state index contributed by atoms with van der Waals surface area (Å²) < 4.78 is 5.87. The van der Waals surface area contributed by atoms with E-state index in [4.69, 9.17) is 4.63 Å². The van der Waals surface area contributed by atoms with Gasteiger partial charge in [0.25, 0.3) is 0 Å². The van der Waals surface area contributed by atoms with Crippen LogP contribution in [0.1, 0.15) is 30.9 Å². The van der Waals surface area contributed by atoms with Crippen molar-refractivity contribution in [1.29, 1.82) is 0 Å². The molecule has 2 N–H and O–H groups in total. The van der Waals surface area contributed by atoms with Gasteiger partial charge in [-0.1, -0.05) is 38.1 Å². The molecule has 0 aliphatic carbocycles. The number of rotatable bonds is 6. The minimum atomic E-state index is 0.303. The lowest BCUT2D eigenvalue weighted by atomic mass is 10.0. The lowest BCUT2D eigenvalue weighted by molar-refractivity contribution is 0.314. The fraction of sp³-hybridized carbons (Fsp3) is 0.150. The van der Waals surface area contributed by atoms with Crippen molar-refractivity contribution in [1.82, 2.24) is 20.3 Å². The number of benzene rings is 2. The molecule has 0 spiro atoms. The summed E-state index contributed by atoms with van der Waals surface area (Å²) in [5.74, 6) is 1.38. The van der Waals surface area contributed by atoms with Crippen LogP contribution in [0, 0.1) is 3.57 Å². The van der Waals surface area contributed by atoms with Crippen molar-refractivity contribution in [3.63, 3.8) is 0 Å². The monoisotopic (exact) mass is 499 g/mol. The van der Waals surface area contributed by atoms with Gasteiger partial charge in [0.15, 0.2) is 11.6 Å². The molecule has 0 aliphatic heterocycles. The standard InChI is InChI=1S/C20H18IN7O/c1-12(2)14-5-3-13(4-6-14)11-22-26-18-17(23-16-9-7-15(21)8-10-16)24-19-20(25-18)28-29-27-19/h3-12H,1-2H3,(H,23,24,27)(H,25,26,28)/b22-11+. The van der Waals surface area contributed by atoms with Gasteiger partial charge in [0, 0.05) is 9.26 Å². The molecule has 0 amide bonds. The first kappa shape index (κ1) is 19.2. The van der Waals surface area contributed by atoms with Crippen LogP contribution >= 0.6 is 22.6 Å². The number of hydrogen-bond acceptors (Lipinski definition) is 8. The number of halogens is 1. The Morgan fingerprint density at radius 2 is 1.59 bits per heavy atom. The predicted molar refractivity (Wildman–Crippen MR) is 122 cm³/mol. The van der Waals surface area contributed by atoms with Crippen molar-refractivity contribution in [3.8, 4) is 0 Å². The summed E-state index contributed by atoms with van der Waals surface area (Å²) in [4.78, 5) is 8.83. The van der Waals surface area contributed by atoms with Crippen molar-refractivity contribution < 1.29 is 4.63 Å².